The van der Waals surface area contributed by atoms with E-state index in [0.29, 0.717) is 17.7 Å². The third kappa shape index (κ3) is 3.00. The molecular weight excluding hydrogens is 311 g/mol. The van der Waals surface area contributed by atoms with Crippen LogP contribution < -0.4 is 15.9 Å². The first-order valence-corrected chi connectivity index (χ1v) is 8.36. The molecule has 0 amide bonds. The van der Waals surface area contributed by atoms with Crippen LogP contribution >= 0.6 is 0 Å². The van der Waals surface area contributed by atoms with Crippen molar-refractivity contribution in [1.82, 2.24) is 4.57 Å². The average Bonchev–Trinajstić information content (AvgIpc) is 2.57. The van der Waals surface area contributed by atoms with Gasteiger partial charge in [0.05, 0.1) is 22.7 Å². The summed E-state index contributed by atoms with van der Waals surface area (Å²) in [6.07, 6.45) is 6.73. The van der Waals surface area contributed by atoms with Gasteiger partial charge in [0.25, 0.3) is 0 Å². The summed E-state index contributed by atoms with van der Waals surface area (Å²) >= 11 is 0. The predicted molar refractivity (Wildman–Crippen MR) is 88.7 cm³/mol. The van der Waals surface area contributed by atoms with Crippen LogP contribution in [0.4, 0.5) is 10.1 Å². The van der Waals surface area contributed by atoms with Gasteiger partial charge in [-0.3, -0.25) is 4.79 Å². The lowest BCUT2D eigenvalue weighted by Gasteiger charge is -2.24. The first-order chi connectivity index (χ1) is 11.5. The van der Waals surface area contributed by atoms with Crippen LogP contribution in [0.5, 0.6) is 0 Å². The van der Waals surface area contributed by atoms with Gasteiger partial charge < -0.3 is 19.8 Å². The Hall–Kier alpha value is -2.37. The number of nitrogens with one attached hydrogen (secondary N) is 1. The van der Waals surface area contributed by atoms with Gasteiger partial charge in [-0.05, 0) is 31.9 Å². The number of fused-ring (bicyclic) bond motifs is 1. The Morgan fingerprint density at radius 2 is 2.04 bits per heavy atom. The van der Waals surface area contributed by atoms with E-state index in [1.807, 2.05) is 6.92 Å². The molecule has 1 heterocycles. The molecule has 1 aromatic carbocycles. The SMILES string of the molecule is CCn1cc(C(=O)[O-])c(=O)c2cc(F)c(NC3CCCCC3)cc21. The Bertz CT molecular complexity index is 838. The van der Waals surface area contributed by atoms with Crippen molar-refractivity contribution in [2.45, 2.75) is 51.6 Å². The Kier molecular flexibility index (Phi) is 4.55. The number of nitrogens with zero attached hydrogens (tertiary/aromatic N) is 1. The molecular formula is C18H20FN2O3-. The number of pyridine rings is 1. The van der Waals surface area contributed by atoms with Crippen LogP contribution in [0.2, 0.25) is 0 Å². The second-order valence-electron chi connectivity index (χ2n) is 6.27. The molecule has 1 fully saturated rings. The summed E-state index contributed by atoms with van der Waals surface area (Å²) in [4.78, 5) is 23.4. The van der Waals surface area contributed by atoms with Gasteiger partial charge in [-0.2, -0.15) is 0 Å². The molecule has 6 heteroatoms. The molecule has 0 radical (unpaired) electrons. The van der Waals surface area contributed by atoms with Gasteiger partial charge in [0.2, 0.25) is 0 Å². The highest BCUT2D eigenvalue weighted by Crippen LogP contribution is 2.26. The van der Waals surface area contributed by atoms with Gasteiger partial charge in [-0.25, -0.2) is 4.39 Å². The first-order valence-electron chi connectivity index (χ1n) is 8.36. The van der Waals surface area contributed by atoms with E-state index in [2.05, 4.69) is 5.32 Å². The maximum absolute atomic E-state index is 14.4. The smallest absolute Gasteiger partial charge is 0.198 e. The number of anilines is 1. The minimum atomic E-state index is -1.55. The van der Waals surface area contributed by atoms with E-state index in [1.54, 1.807) is 10.6 Å². The van der Waals surface area contributed by atoms with Gasteiger partial charge in [0.1, 0.15) is 5.82 Å². The van der Waals surface area contributed by atoms with Crippen LogP contribution in [0.25, 0.3) is 10.9 Å². The Morgan fingerprint density at radius 1 is 1.33 bits per heavy atom. The molecule has 0 bridgehead atoms. The second-order valence-corrected chi connectivity index (χ2v) is 6.27. The normalized spacial score (nSPS) is 15.6. The zero-order chi connectivity index (χ0) is 17.3. The van der Waals surface area contributed by atoms with Crippen molar-refractivity contribution in [1.29, 1.82) is 0 Å². The predicted octanol–water partition coefficient (Wildman–Crippen LogP) is 2.27. The number of aromatic nitrogens is 1. The fourth-order valence-corrected chi connectivity index (χ4v) is 3.39. The standard InChI is InChI=1S/C18H21FN2O3/c1-2-21-10-13(18(23)24)17(22)12-8-14(19)15(9-16(12)21)20-11-6-4-3-5-7-11/h8-11,20H,2-7H2,1H3,(H,23,24)/p-1. The van der Waals surface area contributed by atoms with Crippen LogP contribution in [0.1, 0.15) is 49.4 Å². The van der Waals surface area contributed by atoms with Gasteiger partial charge in [-0.1, -0.05) is 19.3 Å². The molecule has 0 atom stereocenters. The number of carbonyl (C=O) groups is 1. The minimum Gasteiger partial charge on any atom is -0.545 e. The molecule has 2 aromatic rings. The molecule has 1 aromatic heterocycles. The molecule has 0 unspecified atom stereocenters. The molecule has 3 rings (SSSR count). The maximum atomic E-state index is 14.4. The zero-order valence-electron chi connectivity index (χ0n) is 13.6. The van der Waals surface area contributed by atoms with Crippen molar-refractivity contribution in [3.8, 4) is 0 Å². The number of hydrogen-bond acceptors (Lipinski definition) is 4. The third-order valence-electron chi connectivity index (χ3n) is 4.69. The summed E-state index contributed by atoms with van der Waals surface area (Å²) in [5.41, 5.74) is -0.279. The number of halogens is 1. The summed E-state index contributed by atoms with van der Waals surface area (Å²) in [5.74, 6) is -2.09. The summed E-state index contributed by atoms with van der Waals surface area (Å²) in [5, 5.41) is 14.4. The van der Waals surface area contributed by atoms with E-state index in [9.17, 15) is 19.1 Å². The topological polar surface area (TPSA) is 74.2 Å². The molecule has 5 nitrogen and oxygen atoms in total. The zero-order valence-corrected chi connectivity index (χ0v) is 13.6. The van der Waals surface area contributed by atoms with Crippen molar-refractivity contribution in [3.63, 3.8) is 0 Å². The molecule has 1 aliphatic rings. The first kappa shape index (κ1) is 16.5. The number of hydrogen-bond donors (Lipinski definition) is 1. The summed E-state index contributed by atoms with van der Waals surface area (Å²) < 4.78 is 16.1. The molecule has 0 spiro atoms. The number of carboxylic acids is 1. The van der Waals surface area contributed by atoms with Gasteiger partial charge in [0.15, 0.2) is 5.43 Å². The van der Waals surface area contributed by atoms with E-state index in [-0.39, 0.29) is 11.4 Å². The molecule has 24 heavy (non-hydrogen) atoms. The van der Waals surface area contributed by atoms with Crippen molar-refractivity contribution in [2.75, 3.05) is 5.32 Å². The highest BCUT2D eigenvalue weighted by atomic mass is 19.1. The number of aryl methyl sites for hydroxylation is 1. The molecule has 1 N–H and O–H groups in total. The monoisotopic (exact) mass is 331 g/mol. The lowest BCUT2D eigenvalue weighted by atomic mass is 9.95. The molecule has 1 aliphatic carbocycles. The largest absolute Gasteiger partial charge is 0.545 e. The summed E-state index contributed by atoms with van der Waals surface area (Å²) in [7, 11) is 0. The van der Waals surface area contributed by atoms with Crippen LogP contribution in [0.3, 0.4) is 0 Å². The van der Waals surface area contributed by atoms with Crippen molar-refractivity contribution < 1.29 is 14.3 Å². The van der Waals surface area contributed by atoms with Gasteiger partial charge >= 0.3 is 0 Å². The van der Waals surface area contributed by atoms with Gasteiger partial charge in [-0.15, -0.1) is 0 Å². The van der Waals surface area contributed by atoms with E-state index in [4.69, 9.17) is 0 Å². The van der Waals surface area contributed by atoms with E-state index in [0.717, 1.165) is 31.7 Å². The molecule has 1 saturated carbocycles. The van der Waals surface area contributed by atoms with E-state index < -0.39 is 22.8 Å². The number of benzene rings is 1. The van der Waals surface area contributed by atoms with E-state index in [1.165, 1.54) is 12.6 Å². The number of aromatic carboxylic acids is 1. The number of carbonyl (C=O) groups excluding carboxylic acids is 1. The number of rotatable bonds is 4. The third-order valence-corrected chi connectivity index (χ3v) is 4.69. The lowest BCUT2D eigenvalue weighted by Crippen LogP contribution is -2.30. The minimum absolute atomic E-state index is 0.0604. The Morgan fingerprint density at radius 3 is 2.67 bits per heavy atom. The fraction of sp³-hybridized carbons (Fsp3) is 0.444. The highest BCUT2D eigenvalue weighted by molar-refractivity contribution is 5.92. The van der Waals surface area contributed by atoms with Crippen molar-refractivity contribution in [2.24, 2.45) is 0 Å². The van der Waals surface area contributed by atoms with Crippen molar-refractivity contribution in [3.05, 3.63) is 39.9 Å². The summed E-state index contributed by atoms with van der Waals surface area (Å²) in [6.45, 7) is 2.30. The maximum Gasteiger partial charge on any atom is 0.198 e. The van der Waals surface area contributed by atoms with Crippen LogP contribution in [0.15, 0.2) is 23.1 Å². The average molecular weight is 331 g/mol. The Balaban J connectivity index is 2.10. The molecule has 0 saturated heterocycles. The number of carboxylic acid groups (broad SMARTS) is 1. The second kappa shape index (κ2) is 6.63. The van der Waals surface area contributed by atoms with E-state index >= 15 is 0 Å². The molecule has 128 valence electrons. The molecule has 0 aliphatic heterocycles. The van der Waals surface area contributed by atoms with Gasteiger partial charge in [0, 0.05) is 24.2 Å². The van der Waals surface area contributed by atoms with Crippen LogP contribution in [-0.2, 0) is 6.54 Å². The van der Waals surface area contributed by atoms with Crippen molar-refractivity contribution >= 4 is 22.6 Å². The highest BCUT2D eigenvalue weighted by Gasteiger charge is 2.17. The lowest BCUT2D eigenvalue weighted by molar-refractivity contribution is -0.255. The quantitative estimate of drug-likeness (QED) is 0.933. The fourth-order valence-electron chi connectivity index (χ4n) is 3.39. The summed E-state index contributed by atoms with van der Waals surface area (Å²) in [6, 6.07) is 2.96. The van der Waals surface area contributed by atoms with Crippen LogP contribution in [-0.4, -0.2) is 16.6 Å². The van der Waals surface area contributed by atoms with Crippen LogP contribution in [0, 0.1) is 5.82 Å². The Labute approximate surface area is 139 Å².